The Hall–Kier alpha value is -2.18. The van der Waals surface area contributed by atoms with Crippen molar-refractivity contribution in [2.24, 2.45) is 0 Å². The van der Waals surface area contributed by atoms with Gasteiger partial charge in [0.2, 0.25) is 11.0 Å². The van der Waals surface area contributed by atoms with Crippen molar-refractivity contribution in [1.82, 2.24) is 10.2 Å². The maximum atomic E-state index is 12.6. The highest BCUT2D eigenvalue weighted by Crippen LogP contribution is 2.29. The summed E-state index contributed by atoms with van der Waals surface area (Å²) in [6.45, 7) is 4.10. The first-order valence-corrected chi connectivity index (χ1v) is 10.3. The van der Waals surface area contributed by atoms with Crippen LogP contribution >= 0.6 is 23.1 Å². The average molecular weight is 384 g/mol. The number of rotatable bonds is 7. The molecule has 1 unspecified atom stereocenters. The number of aromatic nitrogens is 2. The van der Waals surface area contributed by atoms with E-state index in [4.69, 9.17) is 0 Å². The molecule has 134 valence electrons. The van der Waals surface area contributed by atoms with Crippen LogP contribution in [0.1, 0.15) is 36.0 Å². The summed E-state index contributed by atoms with van der Waals surface area (Å²) in [5, 5.41) is 11.8. The standard InChI is InChI=1S/C20H21N3OS2/c1-3-17(16-10-5-4-6-11-16)18(24)21-19-22-23-20(26-19)25-13-15-9-7-8-14(2)12-15/h4-12,17H,3,13H2,1-2H3,(H,21,22,24). The predicted octanol–water partition coefficient (Wildman–Crippen LogP) is 5.27. The second kappa shape index (κ2) is 8.96. The van der Waals surface area contributed by atoms with Gasteiger partial charge in [0, 0.05) is 5.75 Å². The molecule has 26 heavy (non-hydrogen) atoms. The molecule has 3 aromatic rings. The van der Waals surface area contributed by atoms with Gasteiger partial charge >= 0.3 is 0 Å². The lowest BCUT2D eigenvalue weighted by atomic mass is 9.96. The van der Waals surface area contributed by atoms with Crippen LogP contribution in [0.5, 0.6) is 0 Å². The summed E-state index contributed by atoms with van der Waals surface area (Å²) in [4.78, 5) is 12.6. The largest absolute Gasteiger partial charge is 0.300 e. The lowest BCUT2D eigenvalue weighted by Crippen LogP contribution is -2.20. The number of thioether (sulfide) groups is 1. The molecule has 3 rings (SSSR count). The summed E-state index contributed by atoms with van der Waals surface area (Å²) in [7, 11) is 0. The fraction of sp³-hybridized carbons (Fsp3) is 0.250. The summed E-state index contributed by atoms with van der Waals surface area (Å²) in [5.41, 5.74) is 3.52. The molecule has 1 amide bonds. The molecule has 0 spiro atoms. The van der Waals surface area contributed by atoms with Crippen molar-refractivity contribution in [2.45, 2.75) is 36.3 Å². The van der Waals surface area contributed by atoms with Gasteiger partial charge in [0.1, 0.15) is 0 Å². The van der Waals surface area contributed by atoms with Crippen LogP contribution in [0.4, 0.5) is 5.13 Å². The number of carbonyl (C=O) groups excluding carboxylic acids is 1. The summed E-state index contributed by atoms with van der Waals surface area (Å²) >= 11 is 3.05. The quantitative estimate of drug-likeness (QED) is 0.446. The van der Waals surface area contributed by atoms with Gasteiger partial charge in [-0.05, 0) is 24.5 Å². The van der Waals surface area contributed by atoms with Crippen LogP contribution in [0.3, 0.4) is 0 Å². The van der Waals surface area contributed by atoms with Gasteiger partial charge in [0.05, 0.1) is 5.92 Å². The van der Waals surface area contributed by atoms with Crippen molar-refractivity contribution in [3.05, 3.63) is 71.3 Å². The number of hydrogen-bond acceptors (Lipinski definition) is 5. The molecule has 6 heteroatoms. The highest BCUT2D eigenvalue weighted by atomic mass is 32.2. The van der Waals surface area contributed by atoms with E-state index in [2.05, 4.69) is 46.7 Å². The van der Waals surface area contributed by atoms with Gasteiger partial charge in [-0.3, -0.25) is 10.1 Å². The first-order valence-electron chi connectivity index (χ1n) is 8.53. The van der Waals surface area contributed by atoms with Crippen molar-refractivity contribution in [3.63, 3.8) is 0 Å². The van der Waals surface area contributed by atoms with Gasteiger partial charge in [0.25, 0.3) is 0 Å². The highest BCUT2D eigenvalue weighted by molar-refractivity contribution is 8.00. The van der Waals surface area contributed by atoms with Crippen LogP contribution in [0.25, 0.3) is 0 Å². The van der Waals surface area contributed by atoms with Crippen LogP contribution < -0.4 is 5.32 Å². The molecule has 0 aliphatic carbocycles. The molecular weight excluding hydrogens is 362 g/mol. The Morgan fingerprint density at radius 1 is 1.15 bits per heavy atom. The number of aryl methyl sites for hydroxylation is 1. The SMILES string of the molecule is CCC(C(=O)Nc1nnc(SCc2cccc(C)c2)s1)c1ccccc1. The van der Waals surface area contributed by atoms with E-state index < -0.39 is 0 Å². The number of amides is 1. The third-order valence-electron chi connectivity index (χ3n) is 4.01. The van der Waals surface area contributed by atoms with E-state index in [0.29, 0.717) is 5.13 Å². The summed E-state index contributed by atoms with van der Waals surface area (Å²) in [5.74, 6) is 0.625. The summed E-state index contributed by atoms with van der Waals surface area (Å²) in [6, 6.07) is 18.3. The smallest absolute Gasteiger partial charge is 0.233 e. The Kier molecular flexibility index (Phi) is 6.41. The monoisotopic (exact) mass is 383 g/mol. The first-order chi connectivity index (χ1) is 12.7. The second-order valence-corrected chi connectivity index (χ2v) is 8.21. The van der Waals surface area contributed by atoms with Crippen LogP contribution in [-0.4, -0.2) is 16.1 Å². The maximum Gasteiger partial charge on any atom is 0.233 e. The Morgan fingerprint density at radius 2 is 1.96 bits per heavy atom. The van der Waals surface area contributed by atoms with E-state index in [-0.39, 0.29) is 11.8 Å². The minimum atomic E-state index is -0.177. The van der Waals surface area contributed by atoms with E-state index in [1.54, 1.807) is 11.8 Å². The van der Waals surface area contributed by atoms with Crippen LogP contribution in [0.15, 0.2) is 58.9 Å². The second-order valence-electron chi connectivity index (χ2n) is 6.01. The van der Waals surface area contributed by atoms with Crippen molar-refractivity contribution < 1.29 is 4.79 Å². The molecule has 0 saturated heterocycles. The number of nitrogens with zero attached hydrogens (tertiary/aromatic N) is 2. The molecule has 0 radical (unpaired) electrons. The van der Waals surface area contributed by atoms with Crippen molar-refractivity contribution in [3.8, 4) is 0 Å². The molecule has 4 nitrogen and oxygen atoms in total. The normalized spacial score (nSPS) is 11.9. The highest BCUT2D eigenvalue weighted by Gasteiger charge is 2.20. The zero-order valence-electron chi connectivity index (χ0n) is 14.8. The lowest BCUT2D eigenvalue weighted by Gasteiger charge is -2.13. The minimum Gasteiger partial charge on any atom is -0.300 e. The Balaban J connectivity index is 1.60. The minimum absolute atomic E-state index is 0.0370. The molecule has 1 atom stereocenters. The number of nitrogens with one attached hydrogen (secondary N) is 1. The van der Waals surface area contributed by atoms with E-state index in [1.807, 2.05) is 37.3 Å². The predicted molar refractivity (Wildman–Crippen MR) is 109 cm³/mol. The zero-order valence-corrected chi connectivity index (χ0v) is 16.4. The topological polar surface area (TPSA) is 54.9 Å². The fourth-order valence-corrected chi connectivity index (χ4v) is 4.41. The Morgan fingerprint density at radius 3 is 2.69 bits per heavy atom. The number of hydrogen-bond donors (Lipinski definition) is 1. The third-order valence-corrected chi connectivity index (χ3v) is 6.05. The Bertz CT molecular complexity index is 864. The molecule has 2 aromatic carbocycles. The molecule has 1 N–H and O–H groups in total. The molecule has 0 saturated carbocycles. The van der Waals surface area contributed by atoms with Gasteiger partial charge in [-0.1, -0.05) is 90.2 Å². The lowest BCUT2D eigenvalue weighted by molar-refractivity contribution is -0.117. The van der Waals surface area contributed by atoms with Gasteiger partial charge in [-0.15, -0.1) is 10.2 Å². The zero-order chi connectivity index (χ0) is 18.4. The van der Waals surface area contributed by atoms with Crippen LogP contribution in [0.2, 0.25) is 0 Å². The van der Waals surface area contributed by atoms with Crippen molar-refractivity contribution in [2.75, 3.05) is 5.32 Å². The van der Waals surface area contributed by atoms with E-state index >= 15 is 0 Å². The van der Waals surface area contributed by atoms with E-state index in [0.717, 1.165) is 22.1 Å². The van der Waals surface area contributed by atoms with Gasteiger partial charge in [-0.25, -0.2) is 0 Å². The number of carbonyl (C=O) groups is 1. The van der Waals surface area contributed by atoms with Crippen molar-refractivity contribution >= 4 is 34.1 Å². The first kappa shape index (κ1) is 18.6. The molecule has 0 bridgehead atoms. The van der Waals surface area contributed by atoms with Gasteiger partial charge < -0.3 is 0 Å². The third kappa shape index (κ3) is 4.93. The average Bonchev–Trinajstić information content (AvgIpc) is 3.09. The molecule has 1 heterocycles. The maximum absolute atomic E-state index is 12.6. The molecule has 0 fully saturated rings. The molecule has 0 aliphatic heterocycles. The summed E-state index contributed by atoms with van der Waals surface area (Å²) in [6.07, 6.45) is 0.740. The molecule has 0 aliphatic rings. The fourth-order valence-electron chi connectivity index (χ4n) is 2.72. The van der Waals surface area contributed by atoms with E-state index in [1.165, 1.54) is 22.5 Å². The van der Waals surface area contributed by atoms with Gasteiger partial charge in [-0.2, -0.15) is 0 Å². The van der Waals surface area contributed by atoms with Crippen molar-refractivity contribution in [1.29, 1.82) is 0 Å². The molecule has 1 aromatic heterocycles. The van der Waals surface area contributed by atoms with Gasteiger partial charge in [0.15, 0.2) is 4.34 Å². The van der Waals surface area contributed by atoms with Crippen LogP contribution in [0, 0.1) is 6.92 Å². The Labute approximate surface area is 162 Å². The number of benzene rings is 2. The number of anilines is 1. The van der Waals surface area contributed by atoms with Crippen LogP contribution in [-0.2, 0) is 10.5 Å². The molecular formula is C20H21N3OS2. The van der Waals surface area contributed by atoms with E-state index in [9.17, 15) is 4.79 Å². The summed E-state index contributed by atoms with van der Waals surface area (Å²) < 4.78 is 0.856.